The van der Waals surface area contributed by atoms with Crippen molar-refractivity contribution in [2.24, 2.45) is 18.9 Å². The predicted molar refractivity (Wildman–Crippen MR) is 200 cm³/mol. The van der Waals surface area contributed by atoms with Crippen LogP contribution in [0.2, 0.25) is 0 Å². The average molecular weight is 848 g/mol. The van der Waals surface area contributed by atoms with Gasteiger partial charge in [-0.3, -0.25) is 18.9 Å². The van der Waals surface area contributed by atoms with E-state index in [1.807, 2.05) is 0 Å². The molecule has 21 heteroatoms. The number of anilines is 2. The largest absolute Gasteiger partial charge is 0.435 e. The van der Waals surface area contributed by atoms with Gasteiger partial charge in [-0.15, -0.1) is 0 Å². The smallest absolute Gasteiger partial charge is 0.358 e. The van der Waals surface area contributed by atoms with Gasteiger partial charge in [0, 0.05) is 47.2 Å². The molecule has 2 fully saturated rings. The van der Waals surface area contributed by atoms with E-state index in [9.17, 15) is 35.2 Å². The Labute approximate surface area is 328 Å². The fourth-order valence-corrected chi connectivity index (χ4v) is 9.47. The van der Waals surface area contributed by atoms with Crippen LogP contribution in [-0.2, 0) is 46.9 Å². The Bertz CT molecular complexity index is 2780. The summed E-state index contributed by atoms with van der Waals surface area (Å²) in [4.78, 5) is 23.5. The van der Waals surface area contributed by atoms with Crippen molar-refractivity contribution in [3.63, 3.8) is 0 Å². The first-order valence-corrected chi connectivity index (χ1v) is 20.8. The van der Waals surface area contributed by atoms with Gasteiger partial charge in [-0.05, 0) is 60.9 Å². The molecule has 3 aliphatic carbocycles. The third-order valence-corrected chi connectivity index (χ3v) is 12.3. The molecular weight excluding hydrogens is 816 g/mol. The number of pyridine rings is 1. The maximum absolute atomic E-state index is 15.4. The zero-order valence-corrected chi connectivity index (χ0v) is 32.3. The monoisotopic (exact) mass is 847 g/mol. The van der Waals surface area contributed by atoms with Gasteiger partial charge in [0.1, 0.15) is 23.9 Å². The molecule has 9 rings (SSSR count). The Morgan fingerprint density at radius 2 is 1.78 bits per heavy atom. The summed E-state index contributed by atoms with van der Waals surface area (Å²) in [5, 5.41) is 14.9. The molecule has 0 radical (unpaired) electrons. The molecule has 0 spiro atoms. The van der Waals surface area contributed by atoms with Crippen molar-refractivity contribution in [1.29, 1.82) is 0 Å². The Hall–Kier alpha value is -5.31. The highest BCUT2D eigenvalue weighted by Crippen LogP contribution is 2.68. The Morgan fingerprint density at radius 3 is 2.45 bits per heavy atom. The highest BCUT2D eigenvalue weighted by atomic mass is 32.2. The summed E-state index contributed by atoms with van der Waals surface area (Å²) >= 11 is 1.30. The van der Waals surface area contributed by atoms with Gasteiger partial charge in [0.2, 0.25) is 15.9 Å². The predicted octanol–water partition coefficient (Wildman–Crippen LogP) is 7.24. The van der Waals surface area contributed by atoms with E-state index in [0.717, 1.165) is 24.8 Å². The molecule has 304 valence electrons. The quantitative estimate of drug-likeness (QED) is 0.116. The first-order chi connectivity index (χ1) is 27.2. The van der Waals surface area contributed by atoms with Gasteiger partial charge in [0.25, 0.3) is 5.92 Å². The van der Waals surface area contributed by atoms with Crippen LogP contribution in [0.25, 0.3) is 32.4 Å². The van der Waals surface area contributed by atoms with Gasteiger partial charge < -0.3 is 10.6 Å². The van der Waals surface area contributed by atoms with Crippen LogP contribution in [0.1, 0.15) is 59.9 Å². The number of para-hydroxylation sites is 1. The van der Waals surface area contributed by atoms with Gasteiger partial charge >= 0.3 is 6.18 Å². The number of carbonyl (C=O) groups is 1. The summed E-state index contributed by atoms with van der Waals surface area (Å²) < 4.78 is 132. The summed E-state index contributed by atoms with van der Waals surface area (Å²) in [5.41, 5.74) is -1.42. The molecule has 12 nitrogen and oxygen atoms in total. The number of amides is 1. The standard InChI is InChI=1S/C37H32F7N9O3S2/c1-15-7-24(15)46-35-48-34-26(57-35)13-21(19-5-4-6-20-30(19)52(2)50-33(20)51-58(3,55)56)29(47-34)25(10-16-8-17(38)11-18(39)9-16)45-27(54)14-53-32-28(31(49-53)37(42,43)44)22-12-23(22)36(32,40)41/h4-6,8-9,11,13,15,22-25H,7,10,12,14H2,1-3H3,(H,45,54)(H,50,51)(H,46,47,48)/t15?,22-,23+,24?,25-/m0/s1. The minimum Gasteiger partial charge on any atom is -0.358 e. The topological polar surface area (TPSA) is 149 Å². The van der Waals surface area contributed by atoms with Crippen molar-refractivity contribution in [3.05, 3.63) is 82.3 Å². The number of hydrogen-bond acceptors (Lipinski definition) is 9. The van der Waals surface area contributed by atoms with E-state index in [-0.39, 0.29) is 41.6 Å². The van der Waals surface area contributed by atoms with Crippen molar-refractivity contribution in [2.45, 2.75) is 62.8 Å². The van der Waals surface area contributed by atoms with E-state index in [4.69, 9.17) is 4.98 Å². The zero-order valence-electron chi connectivity index (χ0n) is 30.6. The summed E-state index contributed by atoms with van der Waals surface area (Å²) in [7, 11) is -2.18. The molecule has 5 atom stereocenters. The lowest BCUT2D eigenvalue weighted by atomic mass is 9.94. The zero-order chi connectivity index (χ0) is 41.2. The van der Waals surface area contributed by atoms with Crippen LogP contribution in [0.4, 0.5) is 41.7 Å². The van der Waals surface area contributed by atoms with Crippen molar-refractivity contribution in [2.75, 3.05) is 16.3 Å². The minimum atomic E-state index is -5.06. The lowest BCUT2D eigenvalue weighted by Crippen LogP contribution is -2.35. The van der Waals surface area contributed by atoms with Gasteiger partial charge in [-0.1, -0.05) is 30.4 Å². The number of aryl methyl sites for hydroxylation is 1. The van der Waals surface area contributed by atoms with Crippen LogP contribution in [0.5, 0.6) is 0 Å². The summed E-state index contributed by atoms with van der Waals surface area (Å²) in [6.07, 6.45) is -3.61. The third-order valence-electron chi connectivity index (χ3n) is 10.8. The molecule has 1 amide bonds. The van der Waals surface area contributed by atoms with E-state index in [0.29, 0.717) is 48.5 Å². The number of rotatable bonds is 11. The number of fused-ring (bicyclic) bond motifs is 5. The normalized spacial score (nSPS) is 21.2. The van der Waals surface area contributed by atoms with Crippen LogP contribution in [0, 0.1) is 23.5 Å². The Balaban J connectivity index is 1.19. The molecule has 3 aliphatic rings. The molecular formula is C37H32F7N9O3S2. The van der Waals surface area contributed by atoms with Crippen LogP contribution >= 0.6 is 11.3 Å². The van der Waals surface area contributed by atoms with Crippen LogP contribution in [-0.4, -0.2) is 56.2 Å². The maximum atomic E-state index is 15.4. The van der Waals surface area contributed by atoms with E-state index < -0.39 is 81.0 Å². The second-order valence-corrected chi connectivity index (χ2v) is 18.0. The molecule has 0 bridgehead atoms. The number of aromatic nitrogens is 6. The fraction of sp³-hybridized carbons (Fsp3) is 0.378. The Morgan fingerprint density at radius 1 is 1.05 bits per heavy atom. The van der Waals surface area contributed by atoms with Gasteiger partial charge in [0.05, 0.1) is 28.2 Å². The Kier molecular flexibility index (Phi) is 8.63. The summed E-state index contributed by atoms with van der Waals surface area (Å²) in [5.74, 6) is -8.45. The van der Waals surface area contributed by atoms with E-state index in [1.54, 1.807) is 31.3 Å². The van der Waals surface area contributed by atoms with Crippen molar-refractivity contribution < 1.29 is 43.9 Å². The summed E-state index contributed by atoms with van der Waals surface area (Å²) in [6.45, 7) is 1.04. The number of alkyl halides is 5. The van der Waals surface area contributed by atoms with Crippen molar-refractivity contribution >= 4 is 59.5 Å². The van der Waals surface area contributed by atoms with Crippen LogP contribution in [0.15, 0.2) is 42.5 Å². The molecule has 58 heavy (non-hydrogen) atoms. The van der Waals surface area contributed by atoms with E-state index in [1.165, 1.54) is 16.0 Å². The number of sulfonamides is 1. The van der Waals surface area contributed by atoms with Crippen LogP contribution < -0.4 is 15.4 Å². The second kappa shape index (κ2) is 13.1. The molecule has 4 heterocycles. The molecule has 2 aromatic carbocycles. The third kappa shape index (κ3) is 6.80. The molecule has 6 aromatic rings. The van der Waals surface area contributed by atoms with Crippen molar-refractivity contribution in [1.82, 2.24) is 34.8 Å². The number of nitrogens with zero attached hydrogens (tertiary/aromatic N) is 6. The fourth-order valence-electron chi connectivity index (χ4n) is 8.06. The molecule has 4 aromatic heterocycles. The summed E-state index contributed by atoms with van der Waals surface area (Å²) in [6, 6.07) is 8.36. The number of carbonyl (C=O) groups excluding carboxylic acids is 1. The second-order valence-electron chi connectivity index (χ2n) is 15.2. The van der Waals surface area contributed by atoms with Gasteiger partial charge in [0.15, 0.2) is 22.3 Å². The van der Waals surface area contributed by atoms with Crippen molar-refractivity contribution in [3.8, 4) is 11.1 Å². The molecule has 2 saturated carbocycles. The number of hydrogen-bond donors (Lipinski definition) is 3. The molecule has 2 unspecified atom stereocenters. The highest BCUT2D eigenvalue weighted by molar-refractivity contribution is 7.92. The van der Waals surface area contributed by atoms with Crippen LogP contribution in [0.3, 0.4) is 0 Å². The lowest BCUT2D eigenvalue weighted by Gasteiger charge is -2.23. The average Bonchev–Trinajstić information content (AvgIpc) is 3.88. The first kappa shape index (κ1) is 38.2. The van der Waals surface area contributed by atoms with E-state index in [2.05, 4.69) is 37.5 Å². The molecule has 3 N–H and O–H groups in total. The highest BCUT2D eigenvalue weighted by Gasteiger charge is 2.68. The van der Waals surface area contributed by atoms with E-state index >= 15 is 8.78 Å². The number of benzene rings is 2. The van der Waals surface area contributed by atoms with Gasteiger partial charge in [-0.2, -0.15) is 32.1 Å². The SMILES string of the molecule is CC1CC1Nc1nc2nc([C@H](Cc3cc(F)cc(F)c3)NC(=O)Cn3nc(C(F)(F)F)c4c3C(F)(F)[C@@H]3C[C@H]43)c(-c3cccc4c(NS(C)(=O)=O)nn(C)c34)cc2s1. The number of nitrogens with one attached hydrogen (secondary N) is 3. The number of thiazole rings is 1. The minimum absolute atomic E-state index is 0.0276. The maximum Gasteiger partial charge on any atom is 0.435 e. The molecule has 0 saturated heterocycles. The molecule has 0 aliphatic heterocycles. The number of halogens is 7. The lowest BCUT2D eigenvalue weighted by molar-refractivity contribution is -0.142. The first-order valence-electron chi connectivity index (χ1n) is 18.1. The van der Waals surface area contributed by atoms with Gasteiger partial charge in [-0.25, -0.2) is 27.2 Å².